The van der Waals surface area contributed by atoms with Crippen molar-refractivity contribution in [2.45, 2.75) is 161 Å². The lowest BCUT2D eigenvalue weighted by Gasteiger charge is -2.20. The van der Waals surface area contributed by atoms with Crippen molar-refractivity contribution in [1.29, 1.82) is 0 Å². The molecule has 0 fully saturated rings. The molecule has 2 unspecified atom stereocenters. The summed E-state index contributed by atoms with van der Waals surface area (Å²) in [6, 6.07) is 0. The molecule has 0 aromatic heterocycles. The van der Waals surface area contributed by atoms with E-state index in [1.165, 1.54) is 25.7 Å². The average Bonchev–Trinajstić information content (AvgIpc) is 3.12. The van der Waals surface area contributed by atoms with Crippen LogP contribution < -0.4 is 0 Å². The van der Waals surface area contributed by atoms with Crippen LogP contribution in [0.15, 0.2) is 60.8 Å². The lowest BCUT2D eigenvalue weighted by atomic mass is 10.1. The molecule has 0 aliphatic rings. The summed E-state index contributed by atoms with van der Waals surface area (Å²) < 4.78 is 33.4. The molecular weight excluding hydrogens is 689 g/mol. The average molecular weight is 766 g/mol. The van der Waals surface area contributed by atoms with Gasteiger partial charge in [-0.05, 0) is 91.1 Å². The van der Waals surface area contributed by atoms with Gasteiger partial charge in [0.2, 0.25) is 0 Å². The van der Waals surface area contributed by atoms with E-state index in [2.05, 4.69) is 74.6 Å². The third kappa shape index (κ3) is 39.2. The molecule has 0 spiro atoms. The Balaban J connectivity index is 4.39. The summed E-state index contributed by atoms with van der Waals surface area (Å²) in [5.41, 5.74) is 0. The number of phosphoric acid groups is 1. The molecule has 0 heterocycles. The van der Waals surface area contributed by atoms with Gasteiger partial charge in [0.15, 0.2) is 6.10 Å². The van der Waals surface area contributed by atoms with E-state index in [9.17, 15) is 19.0 Å². The fraction of sp³-hybridized carbons (Fsp3) is 0.721. The molecule has 2 atom stereocenters. The topological polar surface area (TPSA) is 112 Å². The fourth-order valence-corrected chi connectivity index (χ4v) is 5.88. The molecule has 1 N–H and O–H groups in total. The molecule has 9 nitrogen and oxygen atoms in total. The molecule has 10 heteroatoms. The standard InChI is InChI=1S/C43H76NO8P/c1-5-7-9-11-13-15-17-19-21-23-25-27-29-31-33-35-42(45)49-39-41(40-51-53(47,48)50-38-37-44(3)4)52-43(46)36-34-32-30-28-26-24-22-20-18-16-14-12-10-8-6-2/h7,9,13-16,19-22,41H,5-6,8,10-12,17-18,23-40H2,1-4H3,(H,47,48)/b9-7-,15-13-,16-14-,21-19-,22-20-. The van der Waals surface area contributed by atoms with Crippen LogP contribution in [-0.2, 0) is 32.7 Å². The van der Waals surface area contributed by atoms with Gasteiger partial charge in [-0.25, -0.2) is 4.57 Å². The molecule has 0 aromatic carbocycles. The molecule has 0 aromatic rings. The highest BCUT2D eigenvalue weighted by atomic mass is 31.2. The van der Waals surface area contributed by atoms with Gasteiger partial charge in [0.25, 0.3) is 0 Å². The normalized spacial score (nSPS) is 14.1. The Kier molecular flexibility index (Phi) is 36.4. The Morgan fingerprint density at radius 3 is 1.60 bits per heavy atom. The van der Waals surface area contributed by atoms with Crippen LogP contribution in [0, 0.1) is 0 Å². The number of hydrogen-bond acceptors (Lipinski definition) is 8. The van der Waals surface area contributed by atoms with E-state index in [1.54, 1.807) is 0 Å². The summed E-state index contributed by atoms with van der Waals surface area (Å²) in [5, 5.41) is 0. The summed E-state index contributed by atoms with van der Waals surface area (Å²) in [6.45, 7) is 4.13. The third-order valence-electron chi connectivity index (χ3n) is 8.31. The van der Waals surface area contributed by atoms with Gasteiger partial charge in [-0.2, -0.15) is 0 Å². The van der Waals surface area contributed by atoms with E-state index in [1.807, 2.05) is 19.0 Å². The monoisotopic (exact) mass is 766 g/mol. The van der Waals surface area contributed by atoms with Crippen molar-refractivity contribution in [2.24, 2.45) is 0 Å². The molecule has 0 saturated heterocycles. The van der Waals surface area contributed by atoms with E-state index >= 15 is 0 Å². The number of nitrogens with zero attached hydrogens (tertiary/aromatic N) is 1. The van der Waals surface area contributed by atoms with Gasteiger partial charge in [0, 0.05) is 19.4 Å². The Bertz CT molecular complexity index is 1070. The lowest BCUT2D eigenvalue weighted by molar-refractivity contribution is -0.161. The number of rotatable bonds is 37. The first-order valence-corrected chi connectivity index (χ1v) is 22.1. The summed E-state index contributed by atoms with van der Waals surface area (Å²) in [7, 11) is -0.734. The van der Waals surface area contributed by atoms with Gasteiger partial charge in [0.1, 0.15) is 6.61 Å². The highest BCUT2D eigenvalue weighted by molar-refractivity contribution is 7.47. The SMILES string of the molecule is CC/C=C\C/C=C\C/C=C\CCCCCCCC(=O)OCC(COP(=O)(O)OCCN(C)C)OC(=O)CCCCCCC/C=C\C/C=C\CCCCC. The molecule has 0 aliphatic carbocycles. The Morgan fingerprint density at radius 2 is 1.08 bits per heavy atom. The van der Waals surface area contributed by atoms with Gasteiger partial charge < -0.3 is 19.3 Å². The van der Waals surface area contributed by atoms with E-state index in [-0.39, 0.29) is 26.1 Å². The molecule has 0 amide bonds. The van der Waals surface area contributed by atoms with Gasteiger partial charge in [0.05, 0.1) is 13.2 Å². The summed E-state index contributed by atoms with van der Waals surface area (Å²) in [4.78, 5) is 36.9. The Hall–Kier alpha value is -2.29. The van der Waals surface area contributed by atoms with Crippen molar-refractivity contribution in [3.8, 4) is 0 Å². The first-order valence-electron chi connectivity index (χ1n) is 20.6. The van der Waals surface area contributed by atoms with Gasteiger partial charge in [-0.3, -0.25) is 18.6 Å². The van der Waals surface area contributed by atoms with E-state index in [0.717, 1.165) is 89.9 Å². The number of likely N-dealkylation sites (N-methyl/N-ethyl adjacent to an activating group) is 1. The largest absolute Gasteiger partial charge is 0.472 e. The second-order valence-electron chi connectivity index (χ2n) is 13.8. The summed E-state index contributed by atoms with van der Waals surface area (Å²) in [6.07, 6.45) is 42.6. The van der Waals surface area contributed by atoms with Crippen molar-refractivity contribution < 1.29 is 37.6 Å². The van der Waals surface area contributed by atoms with Crippen LogP contribution in [0.25, 0.3) is 0 Å². The number of hydrogen-bond donors (Lipinski definition) is 1. The first-order chi connectivity index (χ1) is 25.7. The molecule has 0 rings (SSSR count). The number of ether oxygens (including phenoxy) is 2. The number of carbonyl (C=O) groups is 2. The number of esters is 2. The number of carbonyl (C=O) groups excluding carboxylic acids is 2. The maximum Gasteiger partial charge on any atom is 0.472 e. The molecule has 0 bridgehead atoms. The molecule has 306 valence electrons. The molecule has 0 saturated carbocycles. The van der Waals surface area contributed by atoms with Crippen molar-refractivity contribution in [3.63, 3.8) is 0 Å². The highest BCUT2D eigenvalue weighted by Gasteiger charge is 2.26. The van der Waals surface area contributed by atoms with Crippen molar-refractivity contribution in [3.05, 3.63) is 60.8 Å². The molecule has 0 aliphatic heterocycles. The quantitative estimate of drug-likeness (QED) is 0.0286. The highest BCUT2D eigenvalue weighted by Crippen LogP contribution is 2.43. The Labute approximate surface area is 323 Å². The second-order valence-corrected chi connectivity index (χ2v) is 15.2. The summed E-state index contributed by atoms with van der Waals surface area (Å²) in [5.74, 6) is -0.844. The van der Waals surface area contributed by atoms with E-state index in [0.29, 0.717) is 19.4 Å². The number of unbranched alkanes of at least 4 members (excludes halogenated alkanes) is 13. The molecular formula is C43H76NO8P. The van der Waals surface area contributed by atoms with Gasteiger partial charge in [-0.15, -0.1) is 0 Å². The minimum Gasteiger partial charge on any atom is -0.462 e. The van der Waals surface area contributed by atoms with Gasteiger partial charge in [-0.1, -0.05) is 126 Å². The van der Waals surface area contributed by atoms with Gasteiger partial charge >= 0.3 is 19.8 Å². The van der Waals surface area contributed by atoms with Crippen molar-refractivity contribution in [2.75, 3.05) is 40.5 Å². The summed E-state index contributed by atoms with van der Waals surface area (Å²) >= 11 is 0. The van der Waals surface area contributed by atoms with Crippen molar-refractivity contribution in [1.82, 2.24) is 4.90 Å². The molecule has 0 radical (unpaired) electrons. The zero-order valence-corrected chi connectivity index (χ0v) is 34.8. The number of allylic oxidation sites excluding steroid dienone is 10. The van der Waals surface area contributed by atoms with Crippen LogP contribution in [0.1, 0.15) is 155 Å². The van der Waals surface area contributed by atoms with E-state index in [4.69, 9.17) is 18.5 Å². The van der Waals surface area contributed by atoms with Crippen LogP contribution in [0.4, 0.5) is 0 Å². The predicted octanol–water partition coefficient (Wildman–Crippen LogP) is 11.5. The minimum absolute atomic E-state index is 0.00122. The van der Waals surface area contributed by atoms with Crippen LogP contribution in [0.2, 0.25) is 0 Å². The van der Waals surface area contributed by atoms with Crippen molar-refractivity contribution >= 4 is 19.8 Å². The van der Waals surface area contributed by atoms with E-state index < -0.39 is 32.5 Å². The number of phosphoric ester groups is 1. The zero-order chi connectivity index (χ0) is 39.1. The van der Waals surface area contributed by atoms with Crippen LogP contribution in [0.5, 0.6) is 0 Å². The third-order valence-corrected chi connectivity index (χ3v) is 9.29. The van der Waals surface area contributed by atoms with Crippen LogP contribution >= 0.6 is 7.82 Å². The van der Waals surface area contributed by atoms with Crippen LogP contribution in [0.3, 0.4) is 0 Å². The Morgan fingerprint density at radius 1 is 0.604 bits per heavy atom. The minimum atomic E-state index is -4.37. The fourth-order valence-electron chi connectivity index (χ4n) is 5.14. The predicted molar refractivity (Wildman–Crippen MR) is 220 cm³/mol. The zero-order valence-electron chi connectivity index (χ0n) is 33.9. The first kappa shape index (κ1) is 50.7. The lowest BCUT2D eigenvalue weighted by Crippen LogP contribution is -2.29. The molecule has 53 heavy (non-hydrogen) atoms. The maximum absolute atomic E-state index is 12.6. The smallest absolute Gasteiger partial charge is 0.462 e. The maximum atomic E-state index is 12.6. The van der Waals surface area contributed by atoms with Crippen LogP contribution in [-0.4, -0.2) is 68.3 Å². The second kappa shape index (κ2) is 38.0.